The average molecular weight is 369 g/mol. The molecule has 0 bridgehead atoms. The predicted octanol–water partition coefficient (Wildman–Crippen LogP) is 3.83. The average Bonchev–Trinajstić information content (AvgIpc) is 2.98. The first-order valence-corrected chi connectivity index (χ1v) is 10.2. The molecule has 2 heterocycles. The van der Waals surface area contributed by atoms with Crippen LogP contribution in [0.25, 0.3) is 0 Å². The smallest absolute Gasteiger partial charge is 0.0916 e. The van der Waals surface area contributed by atoms with Crippen LogP contribution in [0.2, 0.25) is 0 Å². The van der Waals surface area contributed by atoms with Gasteiger partial charge < -0.3 is 10.1 Å². The van der Waals surface area contributed by atoms with Crippen molar-refractivity contribution in [2.24, 2.45) is 11.8 Å². The lowest BCUT2D eigenvalue weighted by molar-refractivity contribution is 0.0768. The van der Waals surface area contributed by atoms with E-state index in [0.717, 1.165) is 42.8 Å². The highest BCUT2D eigenvalue weighted by molar-refractivity contribution is 7.80. The fourth-order valence-corrected chi connectivity index (χ4v) is 5.39. The maximum absolute atomic E-state index is 10.6. The number of aryl methyl sites for hydroxylation is 1. The number of likely N-dealkylation sites (tertiary alicyclic amines) is 1. The van der Waals surface area contributed by atoms with Crippen molar-refractivity contribution in [2.45, 2.75) is 39.2 Å². The van der Waals surface area contributed by atoms with Gasteiger partial charge in [-0.15, -0.1) is 0 Å². The Morgan fingerprint density at radius 1 is 1.31 bits per heavy atom. The Kier molecular flexibility index (Phi) is 5.00. The van der Waals surface area contributed by atoms with E-state index in [1.807, 2.05) is 30.3 Å². The van der Waals surface area contributed by atoms with Crippen LogP contribution in [-0.2, 0) is 12.8 Å². The number of β-amino-alcohol motifs (C(OH)–C–C–N with tert-alkyl or cyclic N) is 1. The molecule has 1 saturated heterocycles. The van der Waals surface area contributed by atoms with Gasteiger partial charge in [0.15, 0.2) is 0 Å². The fraction of sp³-hybridized carbons (Fsp3) is 0.500. The highest BCUT2D eigenvalue weighted by Crippen LogP contribution is 2.39. The standard InChI is InChI=1S/C22H28N2OS/c1-3-17-14(2)23-19-11-16-9-10-24(12-18(16)22(26)21(17)19)13-20(25)15-7-5-4-6-8-15/h4-8,16,18,20,23,25H,3,9-13H2,1-2H3/t16-,18+,20?/m0/s1. The van der Waals surface area contributed by atoms with Gasteiger partial charge in [-0.1, -0.05) is 49.5 Å². The van der Waals surface area contributed by atoms with Gasteiger partial charge in [-0.3, -0.25) is 4.90 Å². The largest absolute Gasteiger partial charge is 0.387 e. The van der Waals surface area contributed by atoms with Gasteiger partial charge >= 0.3 is 0 Å². The second kappa shape index (κ2) is 7.26. The molecule has 3 nitrogen and oxygen atoms in total. The van der Waals surface area contributed by atoms with E-state index in [-0.39, 0.29) is 0 Å². The topological polar surface area (TPSA) is 39.3 Å². The van der Waals surface area contributed by atoms with Crippen molar-refractivity contribution in [1.82, 2.24) is 9.88 Å². The van der Waals surface area contributed by atoms with Gasteiger partial charge in [0.05, 0.1) is 6.10 Å². The molecule has 1 fully saturated rings. The zero-order valence-electron chi connectivity index (χ0n) is 15.7. The molecule has 2 N–H and O–H groups in total. The lowest BCUT2D eigenvalue weighted by Gasteiger charge is -2.42. The Balaban J connectivity index is 1.50. The molecule has 4 rings (SSSR count). The number of benzene rings is 1. The SMILES string of the molecule is CCc1c(C)[nH]c2c1C(=S)[C@@H]1CN(CC(O)c3ccccc3)CC[C@H]1C2. The molecule has 1 unspecified atom stereocenters. The zero-order valence-corrected chi connectivity index (χ0v) is 16.5. The minimum absolute atomic E-state index is 0.429. The Bertz CT molecular complexity index is 798. The Morgan fingerprint density at radius 2 is 2.08 bits per heavy atom. The van der Waals surface area contributed by atoms with Crippen molar-refractivity contribution in [3.8, 4) is 0 Å². The van der Waals surface area contributed by atoms with Gasteiger partial charge in [0, 0.05) is 40.8 Å². The first-order valence-electron chi connectivity index (χ1n) is 9.78. The molecule has 1 aliphatic heterocycles. The number of fused-ring (bicyclic) bond motifs is 2. The van der Waals surface area contributed by atoms with Crippen LogP contribution in [0.5, 0.6) is 0 Å². The Hall–Kier alpha value is -1.49. The van der Waals surface area contributed by atoms with Gasteiger partial charge in [-0.25, -0.2) is 0 Å². The molecule has 0 saturated carbocycles. The van der Waals surface area contributed by atoms with Crippen LogP contribution in [0.1, 0.15) is 47.5 Å². The second-order valence-corrected chi connectivity index (χ2v) is 8.29. The van der Waals surface area contributed by atoms with Crippen molar-refractivity contribution in [1.29, 1.82) is 0 Å². The molecule has 4 heteroatoms. The number of rotatable bonds is 4. The fourth-order valence-electron chi connectivity index (χ4n) is 4.87. The number of aromatic amines is 1. The van der Waals surface area contributed by atoms with E-state index in [1.165, 1.54) is 22.5 Å². The second-order valence-electron chi connectivity index (χ2n) is 7.85. The number of hydrogen-bond donors (Lipinski definition) is 2. The number of nitrogens with zero attached hydrogens (tertiary/aromatic N) is 1. The van der Waals surface area contributed by atoms with Crippen LogP contribution in [0, 0.1) is 18.8 Å². The minimum atomic E-state index is -0.429. The number of nitrogens with one attached hydrogen (secondary N) is 1. The van der Waals surface area contributed by atoms with Crippen LogP contribution in [0.15, 0.2) is 30.3 Å². The van der Waals surface area contributed by atoms with Crippen LogP contribution >= 0.6 is 12.2 Å². The lowest BCUT2D eigenvalue weighted by atomic mass is 9.73. The summed E-state index contributed by atoms with van der Waals surface area (Å²) in [5, 5.41) is 10.6. The maximum atomic E-state index is 10.6. The first kappa shape index (κ1) is 17.9. The third-order valence-electron chi connectivity index (χ3n) is 6.25. The van der Waals surface area contributed by atoms with Crippen LogP contribution in [-0.4, -0.2) is 39.5 Å². The van der Waals surface area contributed by atoms with E-state index in [1.54, 1.807) is 0 Å². The van der Waals surface area contributed by atoms with Crippen LogP contribution in [0.3, 0.4) is 0 Å². The molecule has 0 radical (unpaired) electrons. The molecule has 0 amide bonds. The number of aliphatic hydroxyl groups excluding tert-OH is 1. The van der Waals surface area contributed by atoms with Gasteiger partial charge in [-0.05, 0) is 49.8 Å². The maximum Gasteiger partial charge on any atom is 0.0916 e. The molecular formula is C22H28N2OS. The van der Waals surface area contributed by atoms with Crippen molar-refractivity contribution in [2.75, 3.05) is 19.6 Å². The minimum Gasteiger partial charge on any atom is -0.387 e. The highest BCUT2D eigenvalue weighted by atomic mass is 32.1. The van der Waals surface area contributed by atoms with Crippen molar-refractivity contribution < 1.29 is 5.11 Å². The lowest BCUT2D eigenvalue weighted by Crippen LogP contribution is -2.47. The van der Waals surface area contributed by atoms with Gasteiger partial charge in [0.2, 0.25) is 0 Å². The number of aromatic nitrogens is 1. The van der Waals surface area contributed by atoms with E-state index in [2.05, 4.69) is 23.7 Å². The number of H-pyrrole nitrogens is 1. The van der Waals surface area contributed by atoms with Crippen LogP contribution < -0.4 is 0 Å². The number of hydrogen-bond acceptors (Lipinski definition) is 3. The quantitative estimate of drug-likeness (QED) is 0.806. The van der Waals surface area contributed by atoms with E-state index in [0.29, 0.717) is 18.4 Å². The number of aliphatic hydroxyl groups is 1. The summed E-state index contributed by atoms with van der Waals surface area (Å²) >= 11 is 5.98. The van der Waals surface area contributed by atoms with E-state index >= 15 is 0 Å². The number of piperidine rings is 1. The molecule has 1 aliphatic carbocycles. The molecule has 138 valence electrons. The summed E-state index contributed by atoms with van der Waals surface area (Å²) in [5.41, 5.74) is 6.40. The molecule has 3 atom stereocenters. The van der Waals surface area contributed by atoms with Gasteiger partial charge in [0.1, 0.15) is 0 Å². The van der Waals surface area contributed by atoms with Crippen molar-refractivity contribution >= 4 is 17.1 Å². The predicted molar refractivity (Wildman–Crippen MR) is 110 cm³/mol. The first-order chi connectivity index (χ1) is 12.6. The summed E-state index contributed by atoms with van der Waals surface area (Å²) < 4.78 is 0. The Morgan fingerprint density at radius 3 is 2.81 bits per heavy atom. The van der Waals surface area contributed by atoms with Crippen LogP contribution in [0.4, 0.5) is 0 Å². The van der Waals surface area contributed by atoms with Gasteiger partial charge in [0.25, 0.3) is 0 Å². The van der Waals surface area contributed by atoms with E-state index < -0.39 is 6.10 Å². The summed E-state index contributed by atoms with van der Waals surface area (Å²) in [7, 11) is 0. The number of thiocarbonyl (C=S) groups is 1. The molecule has 1 aromatic carbocycles. The normalized spacial score (nSPS) is 24.2. The monoisotopic (exact) mass is 368 g/mol. The molecule has 2 aromatic rings. The third-order valence-corrected chi connectivity index (χ3v) is 6.76. The zero-order chi connectivity index (χ0) is 18.3. The van der Waals surface area contributed by atoms with Gasteiger partial charge in [-0.2, -0.15) is 0 Å². The highest BCUT2D eigenvalue weighted by Gasteiger charge is 2.39. The summed E-state index contributed by atoms with van der Waals surface area (Å²) in [6, 6.07) is 9.98. The Labute approximate surface area is 161 Å². The summed E-state index contributed by atoms with van der Waals surface area (Å²) in [5.74, 6) is 1.08. The molecular weight excluding hydrogens is 340 g/mol. The summed E-state index contributed by atoms with van der Waals surface area (Å²) in [6.07, 6.45) is 2.88. The molecule has 0 spiro atoms. The van der Waals surface area contributed by atoms with Crippen molar-refractivity contribution in [3.05, 3.63) is 58.4 Å². The van der Waals surface area contributed by atoms with E-state index in [4.69, 9.17) is 12.2 Å². The molecule has 1 aromatic heterocycles. The molecule has 26 heavy (non-hydrogen) atoms. The summed E-state index contributed by atoms with van der Waals surface area (Å²) in [4.78, 5) is 7.16. The molecule has 2 aliphatic rings. The summed E-state index contributed by atoms with van der Waals surface area (Å²) in [6.45, 7) is 7.10. The van der Waals surface area contributed by atoms with E-state index in [9.17, 15) is 5.11 Å². The van der Waals surface area contributed by atoms with Crippen molar-refractivity contribution in [3.63, 3.8) is 0 Å². The third kappa shape index (κ3) is 3.15.